The van der Waals surface area contributed by atoms with Gasteiger partial charge in [0.2, 0.25) is 0 Å². The highest BCUT2D eigenvalue weighted by Gasteiger charge is 2.47. The van der Waals surface area contributed by atoms with E-state index >= 15 is 0 Å². The van der Waals surface area contributed by atoms with E-state index in [-0.39, 0.29) is 17.4 Å². The molecule has 7 heteroatoms. The third-order valence-electron chi connectivity index (χ3n) is 5.95. The van der Waals surface area contributed by atoms with Gasteiger partial charge in [-0.2, -0.15) is 0 Å². The molecule has 7 nitrogen and oxygen atoms in total. The van der Waals surface area contributed by atoms with Crippen molar-refractivity contribution in [2.75, 3.05) is 19.8 Å². The summed E-state index contributed by atoms with van der Waals surface area (Å²) in [6.07, 6.45) is 5.66. The van der Waals surface area contributed by atoms with Crippen LogP contribution in [0.2, 0.25) is 0 Å². The van der Waals surface area contributed by atoms with E-state index < -0.39 is 17.7 Å². The maximum Gasteiger partial charge on any atom is 0.295 e. The first-order valence-corrected chi connectivity index (χ1v) is 10.2. The molecule has 0 saturated carbocycles. The molecule has 1 amide bonds. The number of carbonyl (C=O) groups is 2. The molecule has 0 aliphatic carbocycles. The van der Waals surface area contributed by atoms with Gasteiger partial charge >= 0.3 is 0 Å². The zero-order valence-corrected chi connectivity index (χ0v) is 16.4. The van der Waals surface area contributed by atoms with Crippen molar-refractivity contribution in [3.63, 3.8) is 0 Å². The van der Waals surface area contributed by atoms with Gasteiger partial charge in [-0.15, -0.1) is 0 Å². The van der Waals surface area contributed by atoms with Gasteiger partial charge in [-0.1, -0.05) is 0 Å². The fourth-order valence-corrected chi connectivity index (χ4v) is 4.46. The van der Waals surface area contributed by atoms with E-state index in [2.05, 4.69) is 4.98 Å². The van der Waals surface area contributed by atoms with Gasteiger partial charge in [-0.25, -0.2) is 0 Å². The van der Waals surface area contributed by atoms with E-state index in [4.69, 9.17) is 9.47 Å². The molecule has 4 heterocycles. The summed E-state index contributed by atoms with van der Waals surface area (Å²) in [5, 5.41) is 11.1. The molecule has 30 heavy (non-hydrogen) atoms. The number of Topliss-reactive ketones (excluding diaryl/α,β-unsaturated/α-hetero) is 1. The Morgan fingerprint density at radius 3 is 2.77 bits per heavy atom. The number of aromatic nitrogens is 1. The van der Waals surface area contributed by atoms with Gasteiger partial charge in [0.1, 0.15) is 11.5 Å². The second-order valence-corrected chi connectivity index (χ2v) is 7.79. The summed E-state index contributed by atoms with van der Waals surface area (Å²) in [6.45, 7) is 1.57. The normalized spacial score (nSPS) is 24.9. The Hall–Kier alpha value is -3.19. The fraction of sp³-hybridized carbons (Fsp3) is 0.348. The molecule has 1 N–H and O–H groups in total. The third-order valence-corrected chi connectivity index (χ3v) is 5.95. The van der Waals surface area contributed by atoms with Crippen LogP contribution in [0, 0.1) is 0 Å². The van der Waals surface area contributed by atoms with Gasteiger partial charge in [0.15, 0.2) is 0 Å². The number of carbonyl (C=O) groups excluding carboxylic acids is 2. The molecular formula is C23H22N2O5. The lowest BCUT2D eigenvalue weighted by Crippen LogP contribution is -2.36. The third kappa shape index (κ3) is 3.15. The predicted octanol–water partition coefficient (Wildman–Crippen LogP) is 2.62. The average Bonchev–Trinajstić information content (AvgIpc) is 3.50. The highest BCUT2D eigenvalue weighted by Crippen LogP contribution is 2.40. The van der Waals surface area contributed by atoms with Crippen molar-refractivity contribution in [1.82, 2.24) is 9.88 Å². The van der Waals surface area contributed by atoms with E-state index in [1.165, 1.54) is 4.90 Å². The number of aliphatic hydroxyl groups is 1. The summed E-state index contributed by atoms with van der Waals surface area (Å²) in [4.78, 5) is 31.6. The van der Waals surface area contributed by atoms with Crippen LogP contribution < -0.4 is 4.74 Å². The lowest BCUT2D eigenvalue weighted by Gasteiger charge is -2.27. The van der Waals surface area contributed by atoms with Gasteiger partial charge < -0.3 is 19.5 Å². The van der Waals surface area contributed by atoms with E-state index in [1.807, 2.05) is 6.07 Å². The maximum atomic E-state index is 13.0. The number of hydrogen-bond donors (Lipinski definition) is 1. The molecule has 0 radical (unpaired) electrons. The zero-order chi connectivity index (χ0) is 20.7. The largest absolute Gasteiger partial charge is 0.507 e. The van der Waals surface area contributed by atoms with Gasteiger partial charge in [0.05, 0.1) is 24.3 Å². The minimum absolute atomic E-state index is 0.100. The number of likely N-dealkylation sites (tertiary alicyclic amines) is 1. The Morgan fingerprint density at radius 2 is 2.00 bits per heavy atom. The van der Waals surface area contributed by atoms with Crippen molar-refractivity contribution in [3.8, 4) is 5.75 Å². The van der Waals surface area contributed by atoms with Crippen molar-refractivity contribution >= 4 is 17.4 Å². The number of ether oxygens (including phenoxy) is 2. The molecule has 2 saturated heterocycles. The topological polar surface area (TPSA) is 89.0 Å². The highest BCUT2D eigenvalue weighted by molar-refractivity contribution is 6.46. The van der Waals surface area contributed by atoms with Gasteiger partial charge in [-0.3, -0.25) is 14.6 Å². The number of ketones is 1. The molecule has 1 aromatic carbocycles. The number of benzene rings is 1. The number of pyridine rings is 1. The van der Waals surface area contributed by atoms with Crippen LogP contribution >= 0.6 is 0 Å². The Labute approximate surface area is 173 Å². The summed E-state index contributed by atoms with van der Waals surface area (Å²) in [5.74, 6) is -0.668. The predicted molar refractivity (Wildman–Crippen MR) is 108 cm³/mol. The van der Waals surface area contributed by atoms with Crippen molar-refractivity contribution < 1.29 is 24.2 Å². The Morgan fingerprint density at radius 1 is 1.17 bits per heavy atom. The first-order chi connectivity index (χ1) is 14.6. The minimum atomic E-state index is -0.679. The van der Waals surface area contributed by atoms with E-state index in [0.717, 1.165) is 36.1 Å². The van der Waals surface area contributed by atoms with Gasteiger partial charge in [0.25, 0.3) is 11.7 Å². The summed E-state index contributed by atoms with van der Waals surface area (Å²) >= 11 is 0. The Balaban J connectivity index is 1.60. The number of nitrogens with zero attached hydrogens (tertiary/aromatic N) is 2. The van der Waals surface area contributed by atoms with Crippen LogP contribution in [0.3, 0.4) is 0 Å². The fourth-order valence-electron chi connectivity index (χ4n) is 4.46. The van der Waals surface area contributed by atoms with Crippen LogP contribution in [0.15, 0.2) is 48.3 Å². The summed E-state index contributed by atoms with van der Waals surface area (Å²) < 4.78 is 11.2. The summed E-state index contributed by atoms with van der Waals surface area (Å²) in [5.41, 5.74) is 2.32. The molecule has 3 aliphatic rings. The lowest BCUT2D eigenvalue weighted by molar-refractivity contribution is -0.140. The van der Waals surface area contributed by atoms with Crippen LogP contribution in [0.1, 0.15) is 35.6 Å². The number of rotatable bonds is 4. The minimum Gasteiger partial charge on any atom is -0.507 e. The lowest BCUT2D eigenvalue weighted by atomic mass is 9.95. The molecule has 2 fully saturated rings. The average molecular weight is 406 g/mol. The molecule has 2 aromatic rings. The summed E-state index contributed by atoms with van der Waals surface area (Å²) in [6, 6.07) is 8.19. The first kappa shape index (κ1) is 18.8. The van der Waals surface area contributed by atoms with E-state index in [9.17, 15) is 14.7 Å². The molecule has 2 atom stereocenters. The van der Waals surface area contributed by atoms with Crippen molar-refractivity contribution in [3.05, 3.63) is 65.0 Å². The number of amides is 1. The van der Waals surface area contributed by atoms with E-state index in [1.54, 1.807) is 36.7 Å². The monoisotopic (exact) mass is 406 g/mol. The van der Waals surface area contributed by atoms with Crippen LogP contribution in [0.5, 0.6) is 5.75 Å². The quantitative estimate of drug-likeness (QED) is 0.477. The number of hydrogen-bond acceptors (Lipinski definition) is 6. The standard InChI is InChI=1S/C23H22N2O5/c26-21(16-3-4-18-15(12-16)7-11-30-18)19-20(14-5-8-24-9-6-14)25(23(28)22(19)27)13-17-2-1-10-29-17/h3-6,8-9,12,17,20,26H,1-2,7,10-11,13H2/b21-19-. The molecule has 5 rings (SSSR count). The zero-order valence-electron chi connectivity index (χ0n) is 16.4. The molecule has 0 bridgehead atoms. The van der Waals surface area contributed by atoms with Crippen LogP contribution in [-0.4, -0.2) is 52.5 Å². The van der Waals surface area contributed by atoms with Crippen LogP contribution in [0.25, 0.3) is 5.76 Å². The molecule has 0 spiro atoms. The van der Waals surface area contributed by atoms with Crippen molar-refractivity contribution in [2.45, 2.75) is 31.4 Å². The second-order valence-electron chi connectivity index (χ2n) is 7.79. The van der Waals surface area contributed by atoms with Crippen molar-refractivity contribution in [1.29, 1.82) is 0 Å². The second kappa shape index (κ2) is 7.57. The molecule has 3 aliphatic heterocycles. The van der Waals surface area contributed by atoms with E-state index in [0.29, 0.717) is 25.3 Å². The number of aliphatic hydroxyl groups excluding tert-OH is 1. The van der Waals surface area contributed by atoms with Crippen LogP contribution in [0.4, 0.5) is 0 Å². The highest BCUT2D eigenvalue weighted by atomic mass is 16.5. The van der Waals surface area contributed by atoms with Gasteiger partial charge in [0, 0.05) is 37.5 Å². The van der Waals surface area contributed by atoms with Crippen molar-refractivity contribution in [2.24, 2.45) is 0 Å². The maximum absolute atomic E-state index is 13.0. The number of fused-ring (bicyclic) bond motifs is 1. The smallest absolute Gasteiger partial charge is 0.295 e. The van der Waals surface area contributed by atoms with Crippen LogP contribution in [-0.2, 0) is 20.7 Å². The summed E-state index contributed by atoms with van der Waals surface area (Å²) in [7, 11) is 0. The Bertz CT molecular complexity index is 1030. The SMILES string of the molecule is O=C1C(=O)N(CC2CCCO2)C(c2ccncc2)/C1=C(/O)c1ccc2c(c1)CCO2. The first-order valence-electron chi connectivity index (χ1n) is 10.2. The molecule has 154 valence electrons. The molecular weight excluding hydrogens is 384 g/mol. The molecule has 1 aromatic heterocycles. The molecule has 2 unspecified atom stereocenters. The van der Waals surface area contributed by atoms with Gasteiger partial charge in [-0.05, 0) is 54.3 Å². The Kier molecular flexibility index (Phi) is 4.75.